The highest BCUT2D eigenvalue weighted by Crippen LogP contribution is 2.15. The Balaban J connectivity index is 1.38. The van der Waals surface area contributed by atoms with E-state index in [2.05, 4.69) is 10.3 Å². The molecule has 0 atom stereocenters. The maximum Gasteiger partial charge on any atom is 0.338 e. The summed E-state index contributed by atoms with van der Waals surface area (Å²) in [5, 5.41) is 5.05. The number of benzene rings is 2. The van der Waals surface area contributed by atoms with Crippen LogP contribution in [0, 0.1) is 0 Å². The number of hydrogen-bond donors (Lipinski definition) is 1. The van der Waals surface area contributed by atoms with Gasteiger partial charge in [0.15, 0.2) is 4.96 Å². The van der Waals surface area contributed by atoms with Gasteiger partial charge in [-0.05, 0) is 48.5 Å². The molecule has 1 amide bonds. The van der Waals surface area contributed by atoms with Gasteiger partial charge in [0.25, 0.3) is 11.5 Å². The molecule has 0 saturated heterocycles. The standard InChI is InChI=1S/C21H14ClN3O4S/c22-15-5-1-13(2-6-15)19(27)23-16-7-3-14(4-8-16)20(28)29-12-17-11-18(26)25-9-10-30-21(25)24-17/h1-11H,12H2,(H,23,27). The fourth-order valence-corrected chi connectivity index (χ4v) is 3.54. The molecule has 0 fully saturated rings. The number of anilines is 1. The van der Waals surface area contributed by atoms with Gasteiger partial charge in [-0.15, -0.1) is 11.3 Å². The molecule has 0 radical (unpaired) electrons. The van der Waals surface area contributed by atoms with Crippen LogP contribution >= 0.6 is 22.9 Å². The fourth-order valence-electron chi connectivity index (χ4n) is 2.68. The van der Waals surface area contributed by atoms with Crippen molar-refractivity contribution in [3.63, 3.8) is 0 Å². The van der Waals surface area contributed by atoms with Crippen LogP contribution in [0.25, 0.3) is 4.96 Å². The molecule has 0 saturated carbocycles. The van der Waals surface area contributed by atoms with Gasteiger partial charge in [0.05, 0.1) is 11.3 Å². The number of nitrogens with zero attached hydrogens (tertiary/aromatic N) is 2. The molecule has 0 aliphatic heterocycles. The van der Waals surface area contributed by atoms with Crippen LogP contribution in [0.4, 0.5) is 5.69 Å². The lowest BCUT2D eigenvalue weighted by Crippen LogP contribution is -2.15. The number of ether oxygens (including phenoxy) is 1. The van der Waals surface area contributed by atoms with Crippen LogP contribution in [0.3, 0.4) is 0 Å². The molecule has 150 valence electrons. The third kappa shape index (κ3) is 4.40. The number of thiazole rings is 1. The summed E-state index contributed by atoms with van der Waals surface area (Å²) in [6, 6.07) is 14.1. The van der Waals surface area contributed by atoms with E-state index >= 15 is 0 Å². The van der Waals surface area contributed by atoms with Crippen LogP contribution in [0.15, 0.2) is 71.0 Å². The van der Waals surface area contributed by atoms with Crippen molar-refractivity contribution in [2.24, 2.45) is 0 Å². The molecule has 4 aromatic rings. The van der Waals surface area contributed by atoms with E-state index in [1.165, 1.54) is 21.8 Å². The molecule has 0 aliphatic rings. The van der Waals surface area contributed by atoms with E-state index < -0.39 is 5.97 Å². The molecule has 0 spiro atoms. The minimum atomic E-state index is -0.557. The Morgan fingerprint density at radius 1 is 1.07 bits per heavy atom. The first-order valence-corrected chi connectivity index (χ1v) is 10.1. The van der Waals surface area contributed by atoms with Gasteiger partial charge in [-0.25, -0.2) is 9.78 Å². The summed E-state index contributed by atoms with van der Waals surface area (Å²) in [7, 11) is 0. The van der Waals surface area contributed by atoms with Crippen molar-refractivity contribution < 1.29 is 14.3 Å². The van der Waals surface area contributed by atoms with E-state index in [0.29, 0.717) is 32.5 Å². The molecule has 2 heterocycles. The second-order valence-corrected chi connectivity index (χ2v) is 7.57. The summed E-state index contributed by atoms with van der Waals surface area (Å²) in [5.41, 5.74) is 1.46. The van der Waals surface area contributed by atoms with Crippen molar-refractivity contribution >= 4 is 45.5 Å². The maximum absolute atomic E-state index is 12.3. The summed E-state index contributed by atoms with van der Waals surface area (Å²) in [5.74, 6) is -0.845. The molecule has 30 heavy (non-hydrogen) atoms. The van der Waals surface area contributed by atoms with E-state index in [0.717, 1.165) is 0 Å². The Labute approximate surface area is 179 Å². The smallest absolute Gasteiger partial charge is 0.338 e. The predicted molar refractivity (Wildman–Crippen MR) is 114 cm³/mol. The number of fused-ring (bicyclic) bond motifs is 1. The van der Waals surface area contributed by atoms with Crippen molar-refractivity contribution in [2.45, 2.75) is 6.61 Å². The Hall–Kier alpha value is -3.49. The quantitative estimate of drug-likeness (QED) is 0.474. The number of halogens is 1. The zero-order valence-electron chi connectivity index (χ0n) is 15.4. The number of amides is 1. The van der Waals surface area contributed by atoms with Gasteiger partial charge in [-0.3, -0.25) is 14.0 Å². The monoisotopic (exact) mass is 439 g/mol. The van der Waals surface area contributed by atoms with E-state index in [1.54, 1.807) is 60.1 Å². The lowest BCUT2D eigenvalue weighted by atomic mass is 10.2. The van der Waals surface area contributed by atoms with Crippen LogP contribution in [-0.4, -0.2) is 21.3 Å². The third-order valence-electron chi connectivity index (χ3n) is 4.19. The Morgan fingerprint density at radius 2 is 1.77 bits per heavy atom. The highest BCUT2D eigenvalue weighted by Gasteiger charge is 2.11. The SMILES string of the molecule is O=C(Nc1ccc(C(=O)OCc2cc(=O)n3ccsc3n2)cc1)c1ccc(Cl)cc1. The number of carbonyl (C=O) groups is 2. The van der Waals surface area contributed by atoms with Gasteiger partial charge >= 0.3 is 5.97 Å². The van der Waals surface area contributed by atoms with Gasteiger partial charge in [0.2, 0.25) is 0 Å². The van der Waals surface area contributed by atoms with E-state index in [1.807, 2.05) is 0 Å². The van der Waals surface area contributed by atoms with Gasteiger partial charge in [0, 0.05) is 33.9 Å². The van der Waals surface area contributed by atoms with Gasteiger partial charge in [-0.1, -0.05) is 11.6 Å². The summed E-state index contributed by atoms with van der Waals surface area (Å²) in [6.07, 6.45) is 1.64. The topological polar surface area (TPSA) is 89.8 Å². The molecule has 2 aromatic carbocycles. The first kappa shape index (κ1) is 19.8. The molecule has 2 aromatic heterocycles. The summed E-state index contributed by atoms with van der Waals surface area (Å²) in [4.78, 5) is 41.3. The molecule has 1 N–H and O–H groups in total. The molecular weight excluding hydrogens is 426 g/mol. The molecule has 4 rings (SSSR count). The van der Waals surface area contributed by atoms with Crippen LogP contribution in [0.1, 0.15) is 26.4 Å². The fraction of sp³-hybridized carbons (Fsp3) is 0.0476. The normalized spacial score (nSPS) is 10.7. The van der Waals surface area contributed by atoms with Crippen LogP contribution in [0.5, 0.6) is 0 Å². The Kier molecular flexibility index (Phi) is 5.60. The average Bonchev–Trinajstić information content (AvgIpc) is 3.22. The highest BCUT2D eigenvalue weighted by molar-refractivity contribution is 7.15. The first-order chi connectivity index (χ1) is 14.5. The average molecular weight is 440 g/mol. The summed E-state index contributed by atoms with van der Waals surface area (Å²) >= 11 is 7.14. The number of esters is 1. The molecule has 0 aliphatic carbocycles. The Morgan fingerprint density at radius 3 is 2.50 bits per heavy atom. The number of hydrogen-bond acceptors (Lipinski definition) is 6. The molecular formula is C21H14ClN3O4S. The molecule has 7 nitrogen and oxygen atoms in total. The first-order valence-electron chi connectivity index (χ1n) is 8.79. The van der Waals surface area contributed by atoms with E-state index in [9.17, 15) is 14.4 Å². The van der Waals surface area contributed by atoms with Crippen LogP contribution < -0.4 is 10.9 Å². The highest BCUT2D eigenvalue weighted by atomic mass is 35.5. The van der Waals surface area contributed by atoms with Gasteiger partial charge in [-0.2, -0.15) is 0 Å². The lowest BCUT2D eigenvalue weighted by molar-refractivity contribution is 0.0467. The zero-order chi connectivity index (χ0) is 21.1. The molecule has 9 heteroatoms. The Bertz CT molecular complexity index is 1280. The van der Waals surface area contributed by atoms with Crippen LogP contribution in [0.2, 0.25) is 5.02 Å². The maximum atomic E-state index is 12.3. The second-order valence-electron chi connectivity index (χ2n) is 6.26. The summed E-state index contributed by atoms with van der Waals surface area (Å²) < 4.78 is 6.67. The van der Waals surface area contributed by atoms with Gasteiger partial charge < -0.3 is 10.1 Å². The second kappa shape index (κ2) is 8.48. The molecule has 0 unspecified atom stereocenters. The predicted octanol–water partition coefficient (Wildman–Crippen LogP) is 4.02. The zero-order valence-corrected chi connectivity index (χ0v) is 16.9. The van der Waals surface area contributed by atoms with Crippen molar-refractivity contribution in [3.8, 4) is 0 Å². The largest absolute Gasteiger partial charge is 0.456 e. The van der Waals surface area contributed by atoms with Crippen LogP contribution in [-0.2, 0) is 11.3 Å². The minimum absolute atomic E-state index is 0.114. The van der Waals surface area contributed by atoms with Crippen molar-refractivity contribution in [1.29, 1.82) is 0 Å². The summed E-state index contributed by atoms with van der Waals surface area (Å²) in [6.45, 7) is -0.114. The van der Waals surface area contributed by atoms with Crippen molar-refractivity contribution in [1.82, 2.24) is 9.38 Å². The lowest BCUT2D eigenvalue weighted by Gasteiger charge is -2.07. The number of rotatable bonds is 5. The molecule has 0 bridgehead atoms. The van der Waals surface area contributed by atoms with Crippen molar-refractivity contribution in [3.05, 3.63) is 98.4 Å². The number of nitrogens with one attached hydrogen (secondary N) is 1. The van der Waals surface area contributed by atoms with E-state index in [4.69, 9.17) is 16.3 Å². The van der Waals surface area contributed by atoms with E-state index in [-0.39, 0.29) is 18.1 Å². The van der Waals surface area contributed by atoms with Gasteiger partial charge in [0.1, 0.15) is 6.61 Å². The number of aromatic nitrogens is 2. The third-order valence-corrected chi connectivity index (χ3v) is 5.20. The minimum Gasteiger partial charge on any atom is -0.456 e. The number of carbonyl (C=O) groups excluding carboxylic acids is 2. The van der Waals surface area contributed by atoms with Crippen molar-refractivity contribution in [2.75, 3.05) is 5.32 Å².